The number of thioether (sulfide) groups is 1. The van der Waals surface area contributed by atoms with Crippen LogP contribution in [0.4, 0.5) is 0 Å². The third-order valence-corrected chi connectivity index (χ3v) is 6.01. The number of amidine groups is 1. The molecule has 4 rings (SSSR count). The number of nitrogens with one attached hydrogen (secondary N) is 2. The molecule has 0 saturated carbocycles. The van der Waals surface area contributed by atoms with E-state index in [9.17, 15) is 4.79 Å². The van der Waals surface area contributed by atoms with Crippen molar-refractivity contribution in [1.82, 2.24) is 15.2 Å². The van der Waals surface area contributed by atoms with Gasteiger partial charge in [0.25, 0.3) is 5.91 Å². The van der Waals surface area contributed by atoms with Crippen LogP contribution in [0.15, 0.2) is 59.7 Å². The second-order valence-electron chi connectivity index (χ2n) is 6.65. The molecule has 138 valence electrons. The lowest BCUT2D eigenvalue weighted by molar-refractivity contribution is 0.0977. The molecule has 3 heterocycles. The normalized spacial score (nSPS) is 24.1. The molecule has 0 aliphatic carbocycles. The van der Waals surface area contributed by atoms with Gasteiger partial charge >= 0.3 is 0 Å². The van der Waals surface area contributed by atoms with Crippen LogP contribution in [0.1, 0.15) is 16.1 Å². The number of aromatic nitrogens is 1. The minimum atomic E-state index is -0.614. The van der Waals surface area contributed by atoms with E-state index in [0.717, 1.165) is 11.4 Å². The van der Waals surface area contributed by atoms with E-state index in [-0.39, 0.29) is 17.8 Å². The standard InChI is InChI=1S/C19H20N6OS/c20-17(21)25-10-14-11-27-18(23-16(26)13-6-2-1-3-7-13)24-19(14,12-25)15-8-4-5-9-22-15/h1-9,14H,10-12H2,(H3,20,21)(H,23,24,26)/t14-,19-/m0/s1. The Morgan fingerprint density at radius 1 is 1.26 bits per heavy atom. The molecule has 0 spiro atoms. The van der Waals surface area contributed by atoms with E-state index in [1.54, 1.807) is 18.3 Å². The third-order valence-electron chi connectivity index (χ3n) is 4.98. The quantitative estimate of drug-likeness (QED) is 0.542. The van der Waals surface area contributed by atoms with Crippen LogP contribution >= 0.6 is 11.8 Å². The monoisotopic (exact) mass is 380 g/mol. The lowest BCUT2D eigenvalue weighted by Gasteiger charge is -2.34. The second kappa shape index (κ2) is 7.03. The van der Waals surface area contributed by atoms with Crippen molar-refractivity contribution in [2.45, 2.75) is 5.54 Å². The SMILES string of the molecule is N=C(N)N1C[C@H]2CSC(NC(=O)c3ccccc3)=N[C@@]2(c2ccccn2)C1. The zero-order valence-electron chi connectivity index (χ0n) is 14.6. The third kappa shape index (κ3) is 3.28. The molecule has 7 nitrogen and oxygen atoms in total. The summed E-state index contributed by atoms with van der Waals surface area (Å²) in [4.78, 5) is 23.8. The highest BCUT2D eigenvalue weighted by Gasteiger charge is 2.51. The van der Waals surface area contributed by atoms with Gasteiger partial charge < -0.3 is 16.0 Å². The summed E-state index contributed by atoms with van der Waals surface area (Å²) in [6.07, 6.45) is 1.75. The van der Waals surface area contributed by atoms with Crippen molar-refractivity contribution in [2.24, 2.45) is 16.6 Å². The molecule has 1 aromatic carbocycles. The van der Waals surface area contributed by atoms with E-state index in [1.807, 2.05) is 41.3 Å². The van der Waals surface area contributed by atoms with Gasteiger partial charge in [0.05, 0.1) is 12.2 Å². The fourth-order valence-corrected chi connectivity index (χ4v) is 4.72. The Labute approximate surface area is 161 Å². The average Bonchev–Trinajstić information content (AvgIpc) is 3.10. The van der Waals surface area contributed by atoms with Gasteiger partial charge in [0, 0.05) is 30.0 Å². The number of carbonyl (C=O) groups is 1. The van der Waals surface area contributed by atoms with Gasteiger partial charge in [-0.05, 0) is 24.3 Å². The summed E-state index contributed by atoms with van der Waals surface area (Å²) in [6.45, 7) is 1.14. The maximum Gasteiger partial charge on any atom is 0.257 e. The van der Waals surface area contributed by atoms with E-state index >= 15 is 0 Å². The Kier molecular flexibility index (Phi) is 4.57. The summed E-state index contributed by atoms with van der Waals surface area (Å²) >= 11 is 1.52. The molecule has 1 saturated heterocycles. The minimum absolute atomic E-state index is 0.0368. The molecule has 1 amide bonds. The number of rotatable bonds is 2. The van der Waals surface area contributed by atoms with E-state index in [2.05, 4.69) is 10.3 Å². The molecule has 0 bridgehead atoms. The van der Waals surface area contributed by atoms with Gasteiger partial charge in [0.15, 0.2) is 11.1 Å². The predicted molar refractivity (Wildman–Crippen MR) is 107 cm³/mol. The zero-order chi connectivity index (χ0) is 18.9. The van der Waals surface area contributed by atoms with Crippen molar-refractivity contribution in [3.05, 3.63) is 66.0 Å². The number of aliphatic imine (C=N–C) groups is 1. The second-order valence-corrected chi connectivity index (χ2v) is 7.66. The molecule has 2 atom stereocenters. The molecule has 2 aliphatic rings. The number of amides is 1. The zero-order valence-corrected chi connectivity index (χ0v) is 15.4. The Hall–Kier alpha value is -2.87. The van der Waals surface area contributed by atoms with Gasteiger partial charge in [-0.15, -0.1) is 0 Å². The van der Waals surface area contributed by atoms with Crippen LogP contribution in [0, 0.1) is 11.3 Å². The number of guanidine groups is 1. The van der Waals surface area contributed by atoms with Crippen LogP contribution < -0.4 is 11.1 Å². The number of likely N-dealkylation sites (tertiary alicyclic amines) is 1. The van der Waals surface area contributed by atoms with Crippen LogP contribution in [0.5, 0.6) is 0 Å². The highest BCUT2D eigenvalue weighted by atomic mass is 32.2. The first-order valence-corrected chi connectivity index (χ1v) is 9.66. The van der Waals surface area contributed by atoms with Gasteiger partial charge in [-0.1, -0.05) is 36.0 Å². The van der Waals surface area contributed by atoms with E-state index < -0.39 is 5.54 Å². The van der Waals surface area contributed by atoms with Gasteiger partial charge in [-0.2, -0.15) is 0 Å². The first-order valence-electron chi connectivity index (χ1n) is 8.68. The van der Waals surface area contributed by atoms with Crippen LogP contribution in [-0.4, -0.2) is 45.8 Å². The maximum atomic E-state index is 12.5. The Bertz CT molecular complexity index is 888. The molecule has 2 aliphatic heterocycles. The molecular weight excluding hydrogens is 360 g/mol. The maximum absolute atomic E-state index is 12.5. The predicted octanol–water partition coefficient (Wildman–Crippen LogP) is 1.63. The van der Waals surface area contributed by atoms with Gasteiger partial charge in [0.2, 0.25) is 0 Å². The summed E-state index contributed by atoms with van der Waals surface area (Å²) in [5.41, 5.74) is 6.56. The highest BCUT2D eigenvalue weighted by Crippen LogP contribution is 2.44. The first-order chi connectivity index (χ1) is 13.1. The molecule has 4 N–H and O–H groups in total. The van der Waals surface area contributed by atoms with Crippen LogP contribution in [-0.2, 0) is 5.54 Å². The summed E-state index contributed by atoms with van der Waals surface area (Å²) in [5.74, 6) is 0.792. The van der Waals surface area contributed by atoms with Crippen molar-refractivity contribution >= 4 is 28.8 Å². The molecule has 0 radical (unpaired) electrons. The number of carbonyl (C=O) groups excluding carboxylic acids is 1. The number of benzene rings is 1. The molecule has 2 aromatic rings. The molecular formula is C19H20N6OS. The Balaban J connectivity index is 1.68. The molecule has 1 aromatic heterocycles. The minimum Gasteiger partial charge on any atom is -0.370 e. The average molecular weight is 380 g/mol. The number of pyridine rings is 1. The highest BCUT2D eigenvalue weighted by molar-refractivity contribution is 8.13. The van der Waals surface area contributed by atoms with Crippen LogP contribution in [0.2, 0.25) is 0 Å². The van der Waals surface area contributed by atoms with Gasteiger partial charge in [-0.25, -0.2) is 4.99 Å². The van der Waals surface area contributed by atoms with Crippen LogP contribution in [0.3, 0.4) is 0 Å². The fraction of sp³-hybridized carbons (Fsp3) is 0.263. The molecule has 27 heavy (non-hydrogen) atoms. The first kappa shape index (κ1) is 17.5. The summed E-state index contributed by atoms with van der Waals surface area (Å²) in [6, 6.07) is 14.8. The molecule has 8 heteroatoms. The van der Waals surface area contributed by atoms with Gasteiger partial charge in [0.1, 0.15) is 5.54 Å². The largest absolute Gasteiger partial charge is 0.370 e. The summed E-state index contributed by atoms with van der Waals surface area (Å²) in [7, 11) is 0. The number of fused-ring (bicyclic) bond motifs is 1. The lowest BCUT2D eigenvalue weighted by atomic mass is 9.85. The van der Waals surface area contributed by atoms with E-state index in [0.29, 0.717) is 23.8 Å². The topological polar surface area (TPSA) is 107 Å². The van der Waals surface area contributed by atoms with E-state index in [4.69, 9.17) is 16.1 Å². The number of hydrogen-bond donors (Lipinski definition) is 3. The van der Waals surface area contributed by atoms with Crippen molar-refractivity contribution < 1.29 is 4.79 Å². The number of nitrogens with two attached hydrogens (primary N) is 1. The van der Waals surface area contributed by atoms with Gasteiger partial charge in [-0.3, -0.25) is 15.2 Å². The smallest absolute Gasteiger partial charge is 0.257 e. The van der Waals surface area contributed by atoms with E-state index in [1.165, 1.54) is 11.8 Å². The molecule has 1 fully saturated rings. The number of nitrogens with zero attached hydrogens (tertiary/aromatic N) is 3. The molecule has 0 unspecified atom stereocenters. The van der Waals surface area contributed by atoms with Crippen molar-refractivity contribution in [1.29, 1.82) is 5.41 Å². The van der Waals surface area contributed by atoms with Crippen molar-refractivity contribution in [2.75, 3.05) is 18.8 Å². The van der Waals surface area contributed by atoms with Crippen LogP contribution in [0.25, 0.3) is 0 Å². The van der Waals surface area contributed by atoms with Crippen molar-refractivity contribution in [3.63, 3.8) is 0 Å². The van der Waals surface area contributed by atoms with Crippen molar-refractivity contribution in [3.8, 4) is 0 Å². The fourth-order valence-electron chi connectivity index (χ4n) is 3.58. The number of hydrogen-bond acceptors (Lipinski definition) is 5. The summed E-state index contributed by atoms with van der Waals surface area (Å²) in [5, 5.41) is 11.3. The Morgan fingerprint density at radius 3 is 2.74 bits per heavy atom. The lowest BCUT2D eigenvalue weighted by Crippen LogP contribution is -2.43. The summed E-state index contributed by atoms with van der Waals surface area (Å²) < 4.78 is 0. The Morgan fingerprint density at radius 2 is 2.04 bits per heavy atom.